The first-order chi connectivity index (χ1) is 13.9. The molecular formula is C22H20ClN5O. The Balaban J connectivity index is 1.81. The highest BCUT2D eigenvalue weighted by atomic mass is 35.5. The minimum atomic E-state index is -0.502. The second-order valence-electron chi connectivity index (χ2n) is 7.17. The van der Waals surface area contributed by atoms with Crippen LogP contribution in [0.15, 0.2) is 48.8 Å². The van der Waals surface area contributed by atoms with Crippen molar-refractivity contribution < 1.29 is 4.74 Å². The lowest BCUT2D eigenvalue weighted by atomic mass is 10.1. The first kappa shape index (κ1) is 19.2. The normalized spacial score (nSPS) is 11.5. The molecule has 0 atom stereocenters. The molecule has 0 saturated heterocycles. The number of benzene rings is 2. The second kappa shape index (κ2) is 7.36. The van der Waals surface area contributed by atoms with Gasteiger partial charge >= 0.3 is 0 Å². The monoisotopic (exact) mass is 405 g/mol. The van der Waals surface area contributed by atoms with E-state index < -0.39 is 5.60 Å². The van der Waals surface area contributed by atoms with Crippen molar-refractivity contribution in [3.63, 3.8) is 0 Å². The maximum absolute atomic E-state index is 6.23. The van der Waals surface area contributed by atoms with Gasteiger partial charge in [-0.05, 0) is 50.2 Å². The molecule has 0 unspecified atom stereocenters. The summed E-state index contributed by atoms with van der Waals surface area (Å²) in [5.41, 5.74) is 2.25. The highest BCUT2D eigenvalue weighted by Crippen LogP contribution is 2.31. The van der Waals surface area contributed by atoms with Crippen LogP contribution in [0.4, 0.5) is 11.5 Å². The summed E-state index contributed by atoms with van der Waals surface area (Å²) < 4.78 is 7.20. The molecule has 29 heavy (non-hydrogen) atoms. The summed E-state index contributed by atoms with van der Waals surface area (Å²) in [5.74, 6) is 7.61. The van der Waals surface area contributed by atoms with E-state index in [2.05, 4.69) is 22.0 Å². The van der Waals surface area contributed by atoms with Crippen molar-refractivity contribution in [1.82, 2.24) is 19.6 Å². The number of anilines is 2. The molecule has 4 rings (SSSR count). The van der Waals surface area contributed by atoms with Crippen LogP contribution in [0.2, 0.25) is 5.02 Å². The number of fused-ring (bicyclic) bond motifs is 3. The van der Waals surface area contributed by atoms with E-state index in [0.717, 1.165) is 28.0 Å². The summed E-state index contributed by atoms with van der Waals surface area (Å²) >= 11 is 6.23. The molecule has 2 aromatic heterocycles. The summed E-state index contributed by atoms with van der Waals surface area (Å²) in [6.07, 6.45) is 1.64. The molecule has 0 aliphatic carbocycles. The maximum atomic E-state index is 6.23. The predicted molar refractivity (Wildman–Crippen MR) is 116 cm³/mol. The lowest BCUT2D eigenvalue weighted by molar-refractivity contribution is 0.0742. The van der Waals surface area contributed by atoms with E-state index in [1.807, 2.05) is 72.7 Å². The van der Waals surface area contributed by atoms with Crippen molar-refractivity contribution in [2.45, 2.75) is 19.4 Å². The fourth-order valence-electron chi connectivity index (χ4n) is 2.97. The largest absolute Gasteiger partial charge is 0.366 e. The Labute approximate surface area is 174 Å². The van der Waals surface area contributed by atoms with E-state index in [9.17, 15) is 0 Å². The predicted octanol–water partition coefficient (Wildman–Crippen LogP) is 4.48. The van der Waals surface area contributed by atoms with Gasteiger partial charge in [-0.2, -0.15) is 4.98 Å². The second-order valence-corrected chi connectivity index (χ2v) is 7.61. The van der Waals surface area contributed by atoms with Gasteiger partial charge in [0.15, 0.2) is 0 Å². The van der Waals surface area contributed by atoms with Crippen molar-refractivity contribution >= 4 is 39.8 Å². The molecule has 4 aromatic rings. The fourth-order valence-corrected chi connectivity index (χ4v) is 3.13. The van der Waals surface area contributed by atoms with Gasteiger partial charge in [0.1, 0.15) is 17.7 Å². The van der Waals surface area contributed by atoms with Crippen LogP contribution in [-0.4, -0.2) is 39.3 Å². The Hall–Kier alpha value is -3.14. The highest BCUT2D eigenvalue weighted by Gasteiger charge is 2.15. The topological polar surface area (TPSA) is 55.5 Å². The molecule has 2 heterocycles. The Kier molecular flexibility index (Phi) is 4.87. The minimum absolute atomic E-state index is 0.502. The lowest BCUT2D eigenvalue weighted by Gasteiger charge is -2.21. The molecular weight excluding hydrogens is 386 g/mol. The van der Waals surface area contributed by atoms with Crippen molar-refractivity contribution in [2.24, 2.45) is 0 Å². The third kappa shape index (κ3) is 3.75. The summed E-state index contributed by atoms with van der Waals surface area (Å²) in [6, 6.07) is 13.7. The van der Waals surface area contributed by atoms with Gasteiger partial charge < -0.3 is 9.64 Å². The Morgan fingerprint density at radius 3 is 2.79 bits per heavy atom. The smallest absolute Gasteiger partial charge is 0.257 e. The number of nitrogens with zero attached hydrogens (tertiary/aromatic N) is 5. The number of methoxy groups -OCH3 is 1. The van der Waals surface area contributed by atoms with Gasteiger partial charge in [-0.15, -0.1) is 10.2 Å². The van der Waals surface area contributed by atoms with Gasteiger partial charge in [-0.1, -0.05) is 29.5 Å². The van der Waals surface area contributed by atoms with E-state index in [4.69, 9.17) is 21.3 Å². The summed E-state index contributed by atoms with van der Waals surface area (Å²) in [4.78, 5) is 6.73. The van der Waals surface area contributed by atoms with Gasteiger partial charge in [0.05, 0.1) is 5.52 Å². The minimum Gasteiger partial charge on any atom is -0.366 e. The van der Waals surface area contributed by atoms with Gasteiger partial charge in [0.2, 0.25) is 0 Å². The molecule has 0 aliphatic rings. The number of rotatable bonds is 3. The van der Waals surface area contributed by atoms with Crippen molar-refractivity contribution in [3.05, 3.63) is 59.4 Å². The van der Waals surface area contributed by atoms with Crippen LogP contribution in [0.3, 0.4) is 0 Å². The third-order valence-electron chi connectivity index (χ3n) is 4.77. The van der Waals surface area contributed by atoms with Gasteiger partial charge in [0.25, 0.3) is 5.78 Å². The molecule has 7 heteroatoms. The van der Waals surface area contributed by atoms with E-state index in [-0.39, 0.29) is 0 Å². The van der Waals surface area contributed by atoms with E-state index in [0.29, 0.717) is 10.8 Å². The summed E-state index contributed by atoms with van der Waals surface area (Å²) in [7, 11) is 3.62. The van der Waals surface area contributed by atoms with Crippen LogP contribution >= 0.6 is 11.6 Å². The first-order valence-corrected chi connectivity index (χ1v) is 9.47. The van der Waals surface area contributed by atoms with Crippen LogP contribution in [0.25, 0.3) is 16.7 Å². The van der Waals surface area contributed by atoms with Crippen LogP contribution in [0.1, 0.15) is 19.4 Å². The first-order valence-electron chi connectivity index (χ1n) is 9.09. The van der Waals surface area contributed by atoms with Crippen molar-refractivity contribution in [2.75, 3.05) is 19.1 Å². The number of halogens is 1. The third-order valence-corrected chi connectivity index (χ3v) is 5.00. The number of hydrogen-bond acceptors (Lipinski definition) is 5. The lowest BCUT2D eigenvalue weighted by Crippen LogP contribution is -2.19. The van der Waals surface area contributed by atoms with E-state index in [1.54, 1.807) is 13.4 Å². The SMILES string of the molecule is COC(C)(C)C#Cc1cccc(N(C)c2nc3nncn3c3cc(Cl)ccc23)c1. The van der Waals surface area contributed by atoms with Crippen LogP contribution < -0.4 is 4.90 Å². The summed E-state index contributed by atoms with van der Waals surface area (Å²) in [6.45, 7) is 3.87. The molecule has 0 bridgehead atoms. The fraction of sp³-hybridized carbons (Fsp3) is 0.227. The zero-order chi connectivity index (χ0) is 20.6. The number of ether oxygens (including phenoxy) is 1. The molecule has 0 radical (unpaired) electrons. The molecule has 0 aliphatic heterocycles. The van der Waals surface area contributed by atoms with Crippen molar-refractivity contribution in [3.8, 4) is 11.8 Å². The molecule has 0 N–H and O–H groups in total. The van der Waals surface area contributed by atoms with Gasteiger partial charge in [0, 0.05) is 35.8 Å². The average molecular weight is 406 g/mol. The van der Waals surface area contributed by atoms with Crippen LogP contribution in [0, 0.1) is 11.8 Å². The molecule has 0 saturated carbocycles. The van der Waals surface area contributed by atoms with Crippen LogP contribution in [-0.2, 0) is 4.74 Å². The number of hydrogen-bond donors (Lipinski definition) is 0. The van der Waals surface area contributed by atoms with Crippen LogP contribution in [0.5, 0.6) is 0 Å². The van der Waals surface area contributed by atoms with Crippen molar-refractivity contribution in [1.29, 1.82) is 0 Å². The Morgan fingerprint density at radius 1 is 1.17 bits per heavy atom. The number of aromatic nitrogens is 4. The molecule has 0 fully saturated rings. The quantitative estimate of drug-likeness (QED) is 0.470. The Bertz CT molecular complexity index is 1270. The zero-order valence-corrected chi connectivity index (χ0v) is 17.4. The average Bonchev–Trinajstić information content (AvgIpc) is 3.20. The molecule has 0 amide bonds. The zero-order valence-electron chi connectivity index (χ0n) is 16.6. The Morgan fingerprint density at radius 2 is 2.00 bits per heavy atom. The summed E-state index contributed by atoms with van der Waals surface area (Å²) in [5, 5.41) is 9.69. The van der Waals surface area contributed by atoms with E-state index in [1.165, 1.54) is 0 Å². The highest BCUT2D eigenvalue weighted by molar-refractivity contribution is 6.31. The van der Waals surface area contributed by atoms with Gasteiger partial charge in [-0.3, -0.25) is 4.40 Å². The molecule has 146 valence electrons. The molecule has 2 aromatic carbocycles. The standard InChI is InChI=1S/C22H20ClN5O/c1-22(2,29-4)11-10-15-6-5-7-17(12-15)27(3)20-18-9-8-16(23)13-19(18)28-14-24-26-21(28)25-20/h5-9,12-14H,1-4H3. The van der Waals surface area contributed by atoms with E-state index >= 15 is 0 Å². The molecule has 6 nitrogen and oxygen atoms in total. The van der Waals surface area contributed by atoms with Gasteiger partial charge in [-0.25, -0.2) is 0 Å². The maximum Gasteiger partial charge on any atom is 0.257 e. The molecule has 0 spiro atoms.